The number of hydrogen-bond acceptors (Lipinski definition) is 3. The minimum absolute atomic E-state index is 0.0868. The summed E-state index contributed by atoms with van der Waals surface area (Å²) in [5.74, 6) is 0.854. The molecule has 2 saturated carbocycles. The van der Waals surface area contributed by atoms with E-state index in [0.29, 0.717) is 25.7 Å². The molecule has 2 aliphatic carbocycles. The van der Waals surface area contributed by atoms with Gasteiger partial charge in [-0.05, 0) is 0 Å². The molecule has 1 aromatic carbocycles. The van der Waals surface area contributed by atoms with Gasteiger partial charge in [-0.2, -0.15) is 0 Å². The third kappa shape index (κ3) is 3.71. The number of rotatable bonds is 7. The summed E-state index contributed by atoms with van der Waals surface area (Å²) in [5, 5.41) is 1.09. The topological polar surface area (TPSA) is 43.4 Å². The van der Waals surface area contributed by atoms with Gasteiger partial charge in [0.1, 0.15) is 0 Å². The fourth-order valence-electron chi connectivity index (χ4n) is 4.99. The quantitative estimate of drug-likeness (QED) is 0.481. The SMILES string of the molecule is CC(C)OS(=O)(=O)C[C@]12CC[C@H](C[C@H]1[Se]Cc1ccccc1)C2(C)C. The van der Waals surface area contributed by atoms with Crippen molar-refractivity contribution >= 4 is 25.1 Å². The van der Waals surface area contributed by atoms with Crippen LogP contribution in [-0.2, 0) is 19.6 Å². The Morgan fingerprint density at radius 3 is 2.52 bits per heavy atom. The molecule has 0 heterocycles. The van der Waals surface area contributed by atoms with Crippen LogP contribution in [-0.4, -0.2) is 35.2 Å². The third-order valence-electron chi connectivity index (χ3n) is 6.43. The van der Waals surface area contributed by atoms with E-state index in [1.165, 1.54) is 18.4 Å². The van der Waals surface area contributed by atoms with Crippen LogP contribution in [0.4, 0.5) is 0 Å². The Balaban J connectivity index is 1.81. The molecule has 2 fully saturated rings. The van der Waals surface area contributed by atoms with Crippen LogP contribution in [0.1, 0.15) is 52.5 Å². The molecule has 0 spiro atoms. The van der Waals surface area contributed by atoms with E-state index in [4.69, 9.17) is 4.18 Å². The van der Waals surface area contributed by atoms with Gasteiger partial charge in [-0.25, -0.2) is 0 Å². The molecule has 3 nitrogen and oxygen atoms in total. The Morgan fingerprint density at radius 2 is 1.92 bits per heavy atom. The summed E-state index contributed by atoms with van der Waals surface area (Å²) in [5.41, 5.74) is 1.35. The first-order chi connectivity index (χ1) is 11.7. The van der Waals surface area contributed by atoms with Crippen LogP contribution >= 0.6 is 0 Å². The van der Waals surface area contributed by atoms with Crippen molar-refractivity contribution in [3.8, 4) is 0 Å². The Morgan fingerprint density at radius 1 is 1.24 bits per heavy atom. The maximum atomic E-state index is 12.7. The molecule has 0 radical (unpaired) electrons. The second-order valence-electron chi connectivity index (χ2n) is 8.48. The zero-order chi connectivity index (χ0) is 18.3. The van der Waals surface area contributed by atoms with Gasteiger partial charge in [0.2, 0.25) is 0 Å². The molecular formula is C20H30O3SSe. The van der Waals surface area contributed by atoms with Gasteiger partial charge < -0.3 is 0 Å². The van der Waals surface area contributed by atoms with Crippen molar-refractivity contribution < 1.29 is 12.6 Å². The summed E-state index contributed by atoms with van der Waals surface area (Å²) in [4.78, 5) is 0.527. The van der Waals surface area contributed by atoms with Crippen LogP contribution in [0.15, 0.2) is 30.3 Å². The van der Waals surface area contributed by atoms with Crippen molar-refractivity contribution in [2.24, 2.45) is 16.7 Å². The number of benzene rings is 1. The van der Waals surface area contributed by atoms with Crippen molar-refractivity contribution in [3.63, 3.8) is 0 Å². The first-order valence-corrected chi connectivity index (χ1v) is 13.0. The predicted octanol–water partition coefficient (Wildman–Crippen LogP) is 4.26. The summed E-state index contributed by atoms with van der Waals surface area (Å²) < 4.78 is 30.7. The molecule has 0 N–H and O–H groups in total. The van der Waals surface area contributed by atoms with Gasteiger partial charge in [0, 0.05) is 0 Å². The summed E-state index contributed by atoms with van der Waals surface area (Å²) in [7, 11) is -3.49. The van der Waals surface area contributed by atoms with Gasteiger partial charge in [-0.1, -0.05) is 0 Å². The van der Waals surface area contributed by atoms with E-state index in [1.807, 2.05) is 0 Å². The van der Waals surface area contributed by atoms with Crippen LogP contribution in [0.2, 0.25) is 4.82 Å². The Labute approximate surface area is 159 Å². The zero-order valence-electron chi connectivity index (χ0n) is 15.7. The molecule has 0 aromatic heterocycles. The van der Waals surface area contributed by atoms with Crippen molar-refractivity contribution in [1.29, 1.82) is 0 Å². The molecule has 5 heteroatoms. The molecule has 0 unspecified atom stereocenters. The van der Waals surface area contributed by atoms with Crippen LogP contribution in [0, 0.1) is 16.7 Å². The standard InChI is InChI=1S/C20H30O3SSe/c1-15(2)23-24(21,22)14-20-11-10-17(19(20,3)4)12-18(20)25-13-16-8-6-5-7-9-16/h5-9,15,17-18H,10-14H2,1-4H3/t17-,18-,20-/m1/s1. The van der Waals surface area contributed by atoms with Gasteiger partial charge in [-0.15, -0.1) is 0 Å². The normalized spacial score (nSPS) is 30.9. The summed E-state index contributed by atoms with van der Waals surface area (Å²) in [6.45, 7) is 8.19. The van der Waals surface area contributed by atoms with E-state index >= 15 is 0 Å². The molecule has 25 heavy (non-hydrogen) atoms. The van der Waals surface area contributed by atoms with Crippen LogP contribution in [0.5, 0.6) is 0 Å². The second-order valence-corrected chi connectivity index (χ2v) is 12.6. The van der Waals surface area contributed by atoms with Crippen molar-refractivity contribution in [3.05, 3.63) is 35.9 Å². The zero-order valence-corrected chi connectivity index (χ0v) is 18.2. The van der Waals surface area contributed by atoms with E-state index in [1.54, 1.807) is 13.8 Å². The predicted molar refractivity (Wildman–Crippen MR) is 103 cm³/mol. The molecule has 3 rings (SSSR count). The Hall–Kier alpha value is -0.351. The van der Waals surface area contributed by atoms with E-state index in [-0.39, 0.29) is 22.7 Å². The fraction of sp³-hybridized carbons (Fsp3) is 0.700. The maximum absolute atomic E-state index is 12.7. The van der Waals surface area contributed by atoms with Crippen molar-refractivity contribution in [2.75, 3.05) is 5.75 Å². The molecule has 140 valence electrons. The van der Waals surface area contributed by atoms with Gasteiger partial charge in [0.15, 0.2) is 0 Å². The van der Waals surface area contributed by atoms with Gasteiger partial charge in [-0.3, -0.25) is 0 Å². The third-order valence-corrected chi connectivity index (χ3v) is 11.2. The summed E-state index contributed by atoms with van der Waals surface area (Å²) in [6.07, 6.45) is 3.11. The van der Waals surface area contributed by atoms with Gasteiger partial charge in [0.25, 0.3) is 0 Å². The summed E-state index contributed by atoms with van der Waals surface area (Å²) in [6, 6.07) is 10.6. The molecule has 1 aromatic rings. The van der Waals surface area contributed by atoms with E-state index in [0.717, 1.165) is 11.7 Å². The Kier molecular flexibility index (Phi) is 5.43. The number of fused-ring (bicyclic) bond motifs is 2. The molecule has 2 bridgehead atoms. The molecule has 0 saturated heterocycles. The van der Waals surface area contributed by atoms with Crippen molar-refractivity contribution in [2.45, 2.75) is 63.2 Å². The van der Waals surface area contributed by atoms with Crippen molar-refractivity contribution in [1.82, 2.24) is 0 Å². The fourth-order valence-corrected chi connectivity index (χ4v) is 11.0. The molecule has 0 aliphatic heterocycles. The van der Waals surface area contributed by atoms with Crippen LogP contribution in [0.25, 0.3) is 0 Å². The first-order valence-electron chi connectivity index (χ1n) is 9.23. The summed E-state index contributed by atoms with van der Waals surface area (Å²) >= 11 is 0.418. The van der Waals surface area contributed by atoms with E-state index < -0.39 is 10.1 Å². The average molecular weight is 429 g/mol. The molecule has 3 atom stereocenters. The molecule has 0 amide bonds. The van der Waals surface area contributed by atoms with Gasteiger partial charge >= 0.3 is 159 Å². The monoisotopic (exact) mass is 430 g/mol. The van der Waals surface area contributed by atoms with Crippen LogP contribution < -0.4 is 0 Å². The average Bonchev–Trinajstić information content (AvgIpc) is 2.86. The number of hydrogen-bond donors (Lipinski definition) is 0. The van der Waals surface area contributed by atoms with E-state index in [9.17, 15) is 8.42 Å². The Bertz CT molecular complexity index is 699. The van der Waals surface area contributed by atoms with Crippen LogP contribution in [0.3, 0.4) is 0 Å². The molecule has 2 aliphatic rings. The van der Waals surface area contributed by atoms with E-state index in [2.05, 4.69) is 44.2 Å². The molecular weight excluding hydrogens is 399 g/mol. The first kappa shape index (κ1) is 19.4. The minimum atomic E-state index is -3.49. The second kappa shape index (κ2) is 6.99. The van der Waals surface area contributed by atoms with Gasteiger partial charge in [0.05, 0.1) is 0 Å².